The van der Waals surface area contributed by atoms with Crippen LogP contribution in [0.2, 0.25) is 5.02 Å². The first-order valence-electron chi connectivity index (χ1n) is 10.1. The number of rotatable bonds is 6. The molecule has 9 heteroatoms. The van der Waals surface area contributed by atoms with Crippen LogP contribution in [0.25, 0.3) is 0 Å². The quantitative estimate of drug-likeness (QED) is 0.497. The number of furan rings is 1. The summed E-state index contributed by atoms with van der Waals surface area (Å²) >= 11 is 9.47. The lowest BCUT2D eigenvalue weighted by Crippen LogP contribution is -2.44. The van der Waals surface area contributed by atoms with Crippen molar-refractivity contribution in [3.8, 4) is 0 Å². The van der Waals surface area contributed by atoms with Gasteiger partial charge in [0.15, 0.2) is 4.34 Å². The topological polar surface area (TPSA) is 71.3 Å². The zero-order valence-electron chi connectivity index (χ0n) is 16.9. The van der Waals surface area contributed by atoms with Gasteiger partial charge in [-0.25, -0.2) is 0 Å². The maximum atomic E-state index is 13.4. The Hall–Kier alpha value is -2.29. The summed E-state index contributed by atoms with van der Waals surface area (Å²) in [6, 6.07) is 11.6. The Morgan fingerprint density at radius 2 is 2.13 bits per heavy atom. The van der Waals surface area contributed by atoms with Gasteiger partial charge in [-0.3, -0.25) is 4.79 Å². The number of anilines is 1. The molecule has 6 nitrogen and oxygen atoms in total. The predicted octanol–water partition coefficient (Wildman–Crippen LogP) is 5.68. The fraction of sp³-hybridized carbons (Fsp3) is 0.318. The molecule has 31 heavy (non-hydrogen) atoms. The molecule has 2 aliphatic rings. The number of carbonyl (C=O) groups excluding carboxylic acids is 1. The molecule has 1 saturated carbocycles. The van der Waals surface area contributed by atoms with E-state index < -0.39 is 5.54 Å². The summed E-state index contributed by atoms with van der Waals surface area (Å²) in [5.41, 5.74) is 1.70. The highest BCUT2D eigenvalue weighted by atomic mass is 35.5. The lowest BCUT2D eigenvalue weighted by Gasteiger charge is -2.42. The van der Waals surface area contributed by atoms with Crippen LogP contribution in [-0.4, -0.2) is 28.1 Å². The first kappa shape index (κ1) is 20.6. The van der Waals surface area contributed by atoms with Crippen molar-refractivity contribution in [3.63, 3.8) is 0 Å². The van der Waals surface area contributed by atoms with Crippen molar-refractivity contribution in [3.05, 3.63) is 69.5 Å². The van der Waals surface area contributed by atoms with Gasteiger partial charge in [0.2, 0.25) is 5.13 Å². The third-order valence-corrected chi connectivity index (χ3v) is 8.36. The van der Waals surface area contributed by atoms with Crippen LogP contribution in [-0.2, 0) is 16.9 Å². The Balaban J connectivity index is 1.45. The molecule has 2 aromatic heterocycles. The minimum absolute atomic E-state index is 0.0297. The van der Waals surface area contributed by atoms with Crippen molar-refractivity contribution in [1.82, 2.24) is 15.1 Å². The summed E-state index contributed by atoms with van der Waals surface area (Å²) < 4.78 is 6.08. The molecule has 0 unspecified atom stereocenters. The average Bonchev–Trinajstić information content (AvgIpc) is 3.51. The van der Waals surface area contributed by atoms with E-state index in [4.69, 9.17) is 16.0 Å². The molecular weight excluding hydrogens is 452 g/mol. The number of halogens is 1. The highest BCUT2D eigenvalue weighted by Crippen LogP contribution is 2.55. The van der Waals surface area contributed by atoms with E-state index in [-0.39, 0.29) is 5.91 Å². The van der Waals surface area contributed by atoms with Crippen LogP contribution in [0, 0.1) is 0 Å². The Morgan fingerprint density at radius 1 is 1.26 bits per heavy atom. The zero-order valence-corrected chi connectivity index (χ0v) is 19.3. The monoisotopic (exact) mass is 472 g/mol. The van der Waals surface area contributed by atoms with E-state index in [9.17, 15) is 4.79 Å². The molecule has 3 heterocycles. The van der Waals surface area contributed by atoms with Crippen molar-refractivity contribution >= 4 is 45.7 Å². The SMILES string of the molecule is CN1C(=O)C(Sc2nnc(NCc3ccco3)s2)=C2CCCC[C@@]21c1ccccc1Cl. The smallest absolute Gasteiger partial charge is 0.261 e. The van der Waals surface area contributed by atoms with Crippen molar-refractivity contribution in [2.75, 3.05) is 12.4 Å². The number of fused-ring (bicyclic) bond motifs is 1. The molecule has 3 aromatic rings. The Kier molecular flexibility index (Phi) is 5.54. The number of thioether (sulfide) groups is 1. The zero-order chi connectivity index (χ0) is 21.4. The lowest BCUT2D eigenvalue weighted by molar-refractivity contribution is -0.128. The molecule has 1 atom stereocenters. The summed E-state index contributed by atoms with van der Waals surface area (Å²) in [6.45, 7) is 0.539. The summed E-state index contributed by atoms with van der Waals surface area (Å²) in [6.07, 6.45) is 5.53. The number of nitrogens with one attached hydrogen (secondary N) is 1. The second-order valence-corrected chi connectivity index (χ2v) is 10.3. The number of amides is 1. The second kappa shape index (κ2) is 8.33. The van der Waals surface area contributed by atoms with E-state index in [1.165, 1.54) is 23.1 Å². The highest BCUT2D eigenvalue weighted by Gasteiger charge is 2.52. The van der Waals surface area contributed by atoms with Crippen LogP contribution in [0.1, 0.15) is 37.0 Å². The molecule has 1 aliphatic heterocycles. The van der Waals surface area contributed by atoms with Gasteiger partial charge in [-0.2, -0.15) is 0 Å². The van der Waals surface area contributed by atoms with E-state index in [0.29, 0.717) is 16.7 Å². The predicted molar refractivity (Wildman–Crippen MR) is 123 cm³/mol. The van der Waals surface area contributed by atoms with Crippen molar-refractivity contribution in [2.24, 2.45) is 0 Å². The maximum absolute atomic E-state index is 13.4. The Morgan fingerprint density at radius 3 is 2.94 bits per heavy atom. The molecule has 0 radical (unpaired) electrons. The van der Waals surface area contributed by atoms with Crippen molar-refractivity contribution < 1.29 is 9.21 Å². The third-order valence-electron chi connectivity index (χ3n) is 5.97. The van der Waals surface area contributed by atoms with Gasteiger partial charge in [-0.05, 0) is 43.0 Å². The molecule has 0 spiro atoms. The molecule has 1 aliphatic carbocycles. The number of hydrogen-bond donors (Lipinski definition) is 1. The van der Waals surface area contributed by atoms with Gasteiger partial charge >= 0.3 is 0 Å². The second-order valence-electron chi connectivity index (χ2n) is 7.63. The average molecular weight is 473 g/mol. The summed E-state index contributed by atoms with van der Waals surface area (Å²) in [5.74, 6) is 0.857. The molecule has 1 aromatic carbocycles. The van der Waals surface area contributed by atoms with Gasteiger partial charge in [0.05, 0.1) is 23.3 Å². The number of nitrogens with zero attached hydrogens (tertiary/aromatic N) is 3. The third kappa shape index (κ3) is 3.56. The number of hydrogen-bond acceptors (Lipinski definition) is 7. The molecule has 5 rings (SSSR count). The van der Waals surface area contributed by atoms with Gasteiger partial charge < -0.3 is 14.6 Å². The Labute approximate surface area is 193 Å². The van der Waals surface area contributed by atoms with E-state index in [1.54, 1.807) is 6.26 Å². The van der Waals surface area contributed by atoms with Crippen LogP contribution in [0.15, 0.2) is 61.9 Å². The van der Waals surface area contributed by atoms with E-state index in [1.807, 2.05) is 48.3 Å². The number of benzene rings is 1. The fourth-order valence-electron chi connectivity index (χ4n) is 4.53. The molecule has 1 fully saturated rings. The van der Waals surface area contributed by atoms with Gasteiger partial charge in [0, 0.05) is 17.6 Å². The minimum Gasteiger partial charge on any atom is -0.467 e. The first-order valence-corrected chi connectivity index (χ1v) is 12.1. The van der Waals surface area contributed by atoms with Gasteiger partial charge in [0.25, 0.3) is 5.91 Å². The molecule has 160 valence electrons. The van der Waals surface area contributed by atoms with E-state index in [2.05, 4.69) is 15.5 Å². The van der Waals surface area contributed by atoms with Crippen LogP contribution < -0.4 is 5.32 Å². The van der Waals surface area contributed by atoms with Crippen molar-refractivity contribution in [1.29, 1.82) is 0 Å². The molecule has 0 saturated heterocycles. The highest BCUT2D eigenvalue weighted by molar-refractivity contribution is 8.05. The van der Waals surface area contributed by atoms with Crippen LogP contribution >= 0.6 is 34.7 Å². The first-order chi connectivity index (χ1) is 15.1. The number of aromatic nitrogens is 2. The van der Waals surface area contributed by atoms with E-state index in [0.717, 1.165) is 51.8 Å². The summed E-state index contributed by atoms with van der Waals surface area (Å²) in [4.78, 5) is 16.0. The molecule has 1 amide bonds. The lowest BCUT2D eigenvalue weighted by atomic mass is 9.73. The van der Waals surface area contributed by atoms with Gasteiger partial charge in [-0.15, -0.1) is 10.2 Å². The fourth-order valence-corrected chi connectivity index (χ4v) is 6.83. The molecule has 1 N–H and O–H groups in total. The minimum atomic E-state index is -0.471. The van der Waals surface area contributed by atoms with Gasteiger partial charge in [-0.1, -0.05) is 59.3 Å². The summed E-state index contributed by atoms with van der Waals surface area (Å²) in [5, 5.41) is 13.1. The largest absolute Gasteiger partial charge is 0.467 e. The normalized spacial score (nSPS) is 21.0. The summed E-state index contributed by atoms with van der Waals surface area (Å²) in [7, 11) is 1.89. The standard InChI is InChI=1S/C22H21ClN4O2S2/c1-27-19(28)18(30-21-26-25-20(31-21)24-13-14-7-6-12-29-14)16-9-4-5-11-22(16,27)15-8-2-3-10-17(15)23/h2-3,6-8,10,12H,4-5,9,11,13H2,1H3,(H,24,25)/t22-/m1/s1. The van der Waals surface area contributed by atoms with Crippen LogP contribution in [0.4, 0.5) is 5.13 Å². The van der Waals surface area contributed by atoms with Gasteiger partial charge in [0.1, 0.15) is 5.76 Å². The van der Waals surface area contributed by atoms with E-state index >= 15 is 0 Å². The Bertz CT molecular complexity index is 1140. The number of carbonyl (C=O) groups is 1. The molecule has 0 bridgehead atoms. The number of likely N-dealkylation sites (N-methyl/N-ethyl adjacent to an activating group) is 1. The van der Waals surface area contributed by atoms with Crippen LogP contribution in [0.5, 0.6) is 0 Å². The van der Waals surface area contributed by atoms with Crippen molar-refractivity contribution in [2.45, 2.75) is 42.1 Å². The molecular formula is C22H21ClN4O2S2. The van der Waals surface area contributed by atoms with Crippen LogP contribution in [0.3, 0.4) is 0 Å². The maximum Gasteiger partial charge on any atom is 0.261 e.